The van der Waals surface area contributed by atoms with Gasteiger partial charge in [-0.3, -0.25) is 9.59 Å². The first-order valence-electron chi connectivity index (χ1n) is 10.4. The smallest absolute Gasteiger partial charge is 0.305 e. The van der Waals surface area contributed by atoms with Crippen molar-refractivity contribution in [2.24, 2.45) is 10.8 Å². The molecule has 0 amide bonds. The molecule has 6 nitrogen and oxygen atoms in total. The van der Waals surface area contributed by atoms with Crippen LogP contribution in [0.1, 0.15) is 91.9 Å². The van der Waals surface area contributed by atoms with E-state index < -0.39 is 10.8 Å². The van der Waals surface area contributed by atoms with Crippen molar-refractivity contribution in [2.75, 3.05) is 13.2 Å². The number of ether oxygens (including phenoxy) is 2. The Labute approximate surface area is 169 Å². The summed E-state index contributed by atoms with van der Waals surface area (Å²) in [6.45, 7) is 7.24. The molecule has 0 fully saturated rings. The third-order valence-electron chi connectivity index (χ3n) is 4.36. The van der Waals surface area contributed by atoms with Crippen LogP contribution >= 0.6 is 0 Å². The number of aldehydes is 2. The van der Waals surface area contributed by atoms with Crippen molar-refractivity contribution in [1.82, 2.24) is 0 Å². The van der Waals surface area contributed by atoms with Gasteiger partial charge in [0.25, 0.3) is 0 Å². The largest absolute Gasteiger partial charge is 0.465 e. The van der Waals surface area contributed by atoms with E-state index in [1.54, 1.807) is 27.7 Å². The summed E-state index contributed by atoms with van der Waals surface area (Å²) < 4.78 is 10.2. The van der Waals surface area contributed by atoms with Crippen molar-refractivity contribution in [1.29, 1.82) is 0 Å². The van der Waals surface area contributed by atoms with Gasteiger partial charge in [-0.25, -0.2) is 0 Å². The molecule has 28 heavy (non-hydrogen) atoms. The number of rotatable bonds is 17. The van der Waals surface area contributed by atoms with Crippen molar-refractivity contribution in [3.8, 4) is 0 Å². The van der Waals surface area contributed by atoms with Gasteiger partial charge in [-0.05, 0) is 40.5 Å². The second kappa shape index (κ2) is 14.3. The van der Waals surface area contributed by atoms with Gasteiger partial charge in [0.2, 0.25) is 0 Å². The molecule has 0 radical (unpaired) electrons. The van der Waals surface area contributed by atoms with E-state index in [2.05, 4.69) is 0 Å². The zero-order chi connectivity index (χ0) is 21.5. The third-order valence-corrected chi connectivity index (χ3v) is 4.36. The zero-order valence-corrected chi connectivity index (χ0v) is 18.1. The highest BCUT2D eigenvalue weighted by Crippen LogP contribution is 2.15. The number of unbranched alkanes of at least 4 members (excludes halogenated alkanes) is 7. The normalized spacial score (nSPS) is 11.7. The Kier molecular flexibility index (Phi) is 13.4. The average Bonchev–Trinajstić information content (AvgIpc) is 2.66. The molecule has 0 rings (SSSR count). The van der Waals surface area contributed by atoms with Crippen LogP contribution in [0.25, 0.3) is 0 Å². The summed E-state index contributed by atoms with van der Waals surface area (Å²) in [7, 11) is 0. The molecule has 0 unspecified atom stereocenters. The maximum atomic E-state index is 11.6. The number of carbonyl (C=O) groups excluding carboxylic acids is 4. The maximum absolute atomic E-state index is 11.6. The topological polar surface area (TPSA) is 86.7 Å². The SMILES string of the molecule is CC(C)(C=O)COC(=O)CCCCCCCCCCC(=O)OCC(C)(C)C=O. The average molecular weight is 399 g/mol. The summed E-state index contributed by atoms with van der Waals surface area (Å²) in [6.07, 6.45) is 10.4. The van der Waals surface area contributed by atoms with Crippen LogP contribution in [-0.2, 0) is 28.7 Å². The monoisotopic (exact) mass is 398 g/mol. The summed E-state index contributed by atoms with van der Waals surface area (Å²) in [5.74, 6) is -0.475. The van der Waals surface area contributed by atoms with E-state index in [1.807, 2.05) is 0 Å². The van der Waals surface area contributed by atoms with Crippen LogP contribution in [0.2, 0.25) is 0 Å². The molecule has 0 spiro atoms. The Morgan fingerprint density at radius 3 is 1.18 bits per heavy atom. The fraction of sp³-hybridized carbons (Fsp3) is 0.818. The van der Waals surface area contributed by atoms with E-state index in [-0.39, 0.29) is 25.2 Å². The van der Waals surface area contributed by atoms with E-state index in [4.69, 9.17) is 9.47 Å². The fourth-order valence-corrected chi connectivity index (χ4v) is 2.34. The van der Waals surface area contributed by atoms with Crippen LogP contribution in [0.15, 0.2) is 0 Å². The molecule has 0 N–H and O–H groups in total. The molecule has 162 valence electrons. The van der Waals surface area contributed by atoms with Crippen LogP contribution in [0.4, 0.5) is 0 Å². The number of carbonyl (C=O) groups is 4. The van der Waals surface area contributed by atoms with Crippen molar-refractivity contribution in [2.45, 2.75) is 91.9 Å². The fourth-order valence-electron chi connectivity index (χ4n) is 2.34. The summed E-state index contributed by atoms with van der Waals surface area (Å²) in [6, 6.07) is 0. The van der Waals surface area contributed by atoms with E-state index in [0.29, 0.717) is 12.8 Å². The minimum atomic E-state index is -0.613. The van der Waals surface area contributed by atoms with Gasteiger partial charge in [0.05, 0.1) is 10.8 Å². The molecular formula is C22H38O6. The summed E-state index contributed by atoms with van der Waals surface area (Å²) in [4.78, 5) is 44.7. The maximum Gasteiger partial charge on any atom is 0.305 e. The van der Waals surface area contributed by atoms with Crippen LogP contribution in [0.5, 0.6) is 0 Å². The Hall–Kier alpha value is -1.72. The highest BCUT2D eigenvalue weighted by molar-refractivity contribution is 5.70. The first-order valence-corrected chi connectivity index (χ1v) is 10.4. The van der Waals surface area contributed by atoms with Crippen molar-refractivity contribution in [3.05, 3.63) is 0 Å². The van der Waals surface area contributed by atoms with Crippen LogP contribution in [0, 0.1) is 10.8 Å². The lowest BCUT2D eigenvalue weighted by Crippen LogP contribution is -2.23. The highest BCUT2D eigenvalue weighted by Gasteiger charge is 2.19. The Morgan fingerprint density at radius 1 is 0.607 bits per heavy atom. The first-order chi connectivity index (χ1) is 13.1. The molecule has 0 atom stereocenters. The number of esters is 2. The standard InChI is InChI=1S/C22H38O6/c1-21(2,15-23)17-27-19(25)13-11-9-7-5-6-8-10-12-14-20(26)28-18-22(3,4)16-24/h15-16H,5-14,17-18H2,1-4H3. The van der Waals surface area contributed by atoms with E-state index in [9.17, 15) is 19.2 Å². The first kappa shape index (κ1) is 26.3. The molecule has 0 aliphatic rings. The van der Waals surface area contributed by atoms with Gasteiger partial charge in [-0.15, -0.1) is 0 Å². The van der Waals surface area contributed by atoms with Crippen molar-refractivity contribution >= 4 is 24.5 Å². The van der Waals surface area contributed by atoms with Gasteiger partial charge in [0.15, 0.2) is 0 Å². The van der Waals surface area contributed by atoms with E-state index >= 15 is 0 Å². The minimum Gasteiger partial charge on any atom is -0.465 e. The molecule has 0 bridgehead atoms. The lowest BCUT2D eigenvalue weighted by Gasteiger charge is -2.16. The predicted octanol–water partition coefficient (Wildman–Crippen LogP) is 4.42. The van der Waals surface area contributed by atoms with Crippen LogP contribution < -0.4 is 0 Å². The Morgan fingerprint density at radius 2 is 0.893 bits per heavy atom. The molecule has 0 aromatic heterocycles. The van der Waals surface area contributed by atoms with Crippen molar-refractivity contribution in [3.63, 3.8) is 0 Å². The highest BCUT2D eigenvalue weighted by atomic mass is 16.5. The van der Waals surface area contributed by atoms with Crippen LogP contribution in [0.3, 0.4) is 0 Å². The molecule has 0 aromatic rings. The van der Waals surface area contributed by atoms with Gasteiger partial charge in [-0.2, -0.15) is 0 Å². The van der Waals surface area contributed by atoms with Crippen molar-refractivity contribution < 1.29 is 28.7 Å². The number of hydrogen-bond acceptors (Lipinski definition) is 6. The quantitative estimate of drug-likeness (QED) is 0.205. The minimum absolute atomic E-state index is 0.137. The summed E-state index contributed by atoms with van der Waals surface area (Å²) >= 11 is 0. The molecule has 0 heterocycles. The lowest BCUT2D eigenvalue weighted by atomic mass is 9.98. The second-order valence-corrected chi connectivity index (χ2v) is 8.86. The van der Waals surface area contributed by atoms with E-state index in [0.717, 1.165) is 63.9 Å². The summed E-state index contributed by atoms with van der Waals surface area (Å²) in [5, 5.41) is 0. The van der Waals surface area contributed by atoms with E-state index in [1.165, 1.54) is 0 Å². The van der Waals surface area contributed by atoms with Gasteiger partial charge in [0, 0.05) is 12.8 Å². The van der Waals surface area contributed by atoms with Crippen LogP contribution in [-0.4, -0.2) is 37.7 Å². The Bertz CT molecular complexity index is 437. The summed E-state index contributed by atoms with van der Waals surface area (Å²) in [5.41, 5.74) is -1.23. The van der Waals surface area contributed by atoms with Gasteiger partial charge >= 0.3 is 11.9 Å². The second-order valence-electron chi connectivity index (χ2n) is 8.86. The lowest BCUT2D eigenvalue weighted by molar-refractivity contribution is -0.148. The molecule has 0 aromatic carbocycles. The third kappa shape index (κ3) is 15.3. The molecule has 6 heteroatoms. The molecule has 0 saturated heterocycles. The predicted molar refractivity (Wildman–Crippen MR) is 108 cm³/mol. The Balaban J connectivity index is 3.46. The number of hydrogen-bond donors (Lipinski definition) is 0. The molecule has 0 aliphatic heterocycles. The zero-order valence-electron chi connectivity index (χ0n) is 18.1. The molecule has 0 aliphatic carbocycles. The van der Waals surface area contributed by atoms with Gasteiger partial charge in [0.1, 0.15) is 25.8 Å². The molecule has 0 saturated carbocycles. The van der Waals surface area contributed by atoms with Gasteiger partial charge in [-0.1, -0.05) is 38.5 Å². The molecular weight excluding hydrogens is 360 g/mol. The van der Waals surface area contributed by atoms with Gasteiger partial charge < -0.3 is 19.1 Å².